The second-order valence-electron chi connectivity index (χ2n) is 4.09. The van der Waals surface area contributed by atoms with Gasteiger partial charge in [0.05, 0.1) is 6.61 Å². The highest BCUT2D eigenvalue weighted by Gasteiger charge is 2.23. The number of sulfonamides is 1. The summed E-state index contributed by atoms with van der Waals surface area (Å²) >= 11 is 1.21. The second kappa shape index (κ2) is 6.34. The normalized spacial score (nSPS) is 11.8. The molecule has 0 fully saturated rings. The fourth-order valence-corrected chi connectivity index (χ4v) is 4.05. The highest BCUT2D eigenvalue weighted by molar-refractivity contribution is 7.91. The monoisotopic (exact) mass is 312 g/mol. The van der Waals surface area contributed by atoms with E-state index in [1.807, 2.05) is 13.0 Å². The first kappa shape index (κ1) is 15.0. The van der Waals surface area contributed by atoms with Crippen LogP contribution in [0.3, 0.4) is 0 Å². The Morgan fingerprint density at radius 2 is 2.15 bits per heavy atom. The van der Waals surface area contributed by atoms with Gasteiger partial charge in [0, 0.05) is 25.4 Å². The first-order chi connectivity index (χ1) is 9.55. The Kier molecular flexibility index (Phi) is 4.74. The van der Waals surface area contributed by atoms with Crippen LogP contribution in [0.4, 0.5) is 0 Å². The smallest absolute Gasteiger partial charge is 0.252 e. The summed E-state index contributed by atoms with van der Waals surface area (Å²) in [4.78, 5) is 4.13. The lowest BCUT2D eigenvalue weighted by Gasteiger charge is -2.17. The van der Waals surface area contributed by atoms with Crippen LogP contribution < -0.4 is 4.74 Å². The molecule has 0 saturated carbocycles. The molecule has 20 heavy (non-hydrogen) atoms. The highest BCUT2D eigenvalue weighted by atomic mass is 32.2. The maximum absolute atomic E-state index is 12.3. The second-order valence-corrected chi connectivity index (χ2v) is 7.31. The van der Waals surface area contributed by atoms with E-state index >= 15 is 0 Å². The summed E-state index contributed by atoms with van der Waals surface area (Å²) in [5, 5.41) is 1.75. The van der Waals surface area contributed by atoms with Crippen LogP contribution in [-0.2, 0) is 16.6 Å². The number of thiophene rings is 1. The van der Waals surface area contributed by atoms with Gasteiger partial charge in [-0.3, -0.25) is 0 Å². The standard InChI is InChI=1S/C13H16N2O3S2/c1-3-18-13-11(6-4-8-14-13)10-15(2)20(16,17)12-7-5-9-19-12/h4-9H,3,10H2,1-2H3. The quantitative estimate of drug-likeness (QED) is 0.821. The first-order valence-electron chi connectivity index (χ1n) is 6.12. The predicted octanol–water partition coefficient (Wildman–Crippen LogP) is 2.36. The molecule has 2 aromatic heterocycles. The van der Waals surface area contributed by atoms with Crippen molar-refractivity contribution in [3.05, 3.63) is 41.4 Å². The number of ether oxygens (including phenoxy) is 1. The van der Waals surface area contributed by atoms with Gasteiger partial charge in [-0.2, -0.15) is 4.31 Å². The Morgan fingerprint density at radius 1 is 1.35 bits per heavy atom. The van der Waals surface area contributed by atoms with Crippen molar-refractivity contribution >= 4 is 21.4 Å². The molecule has 0 N–H and O–H groups in total. The Bertz CT molecular complexity index is 654. The van der Waals surface area contributed by atoms with Crippen molar-refractivity contribution in [3.63, 3.8) is 0 Å². The summed E-state index contributed by atoms with van der Waals surface area (Å²) in [7, 11) is -1.90. The van der Waals surface area contributed by atoms with Crippen molar-refractivity contribution in [1.29, 1.82) is 0 Å². The maximum atomic E-state index is 12.3. The summed E-state index contributed by atoms with van der Waals surface area (Å²) < 4.78 is 31.7. The fourth-order valence-electron chi connectivity index (χ4n) is 1.70. The topological polar surface area (TPSA) is 59.5 Å². The molecule has 0 amide bonds. The third-order valence-electron chi connectivity index (χ3n) is 2.68. The first-order valence-corrected chi connectivity index (χ1v) is 8.44. The van der Waals surface area contributed by atoms with Gasteiger partial charge in [0.15, 0.2) is 0 Å². The van der Waals surface area contributed by atoms with Crippen molar-refractivity contribution in [2.75, 3.05) is 13.7 Å². The van der Waals surface area contributed by atoms with Gasteiger partial charge < -0.3 is 4.74 Å². The molecular weight excluding hydrogens is 296 g/mol. The van der Waals surface area contributed by atoms with Gasteiger partial charge in [0.2, 0.25) is 5.88 Å². The summed E-state index contributed by atoms with van der Waals surface area (Å²) in [6.45, 7) is 2.58. The summed E-state index contributed by atoms with van der Waals surface area (Å²) in [5.74, 6) is 0.475. The minimum atomic E-state index is -3.46. The van der Waals surface area contributed by atoms with Crippen molar-refractivity contribution in [2.45, 2.75) is 17.7 Å². The molecule has 0 aliphatic rings. The van der Waals surface area contributed by atoms with Crippen LogP contribution in [-0.4, -0.2) is 31.4 Å². The van der Waals surface area contributed by atoms with Crippen LogP contribution in [0.5, 0.6) is 5.88 Å². The van der Waals surface area contributed by atoms with E-state index in [-0.39, 0.29) is 6.54 Å². The molecule has 108 valence electrons. The van der Waals surface area contributed by atoms with Gasteiger partial charge in [-0.1, -0.05) is 12.1 Å². The molecule has 0 atom stereocenters. The van der Waals surface area contributed by atoms with Gasteiger partial charge in [0.1, 0.15) is 4.21 Å². The molecule has 7 heteroatoms. The van der Waals surface area contributed by atoms with Crippen LogP contribution >= 0.6 is 11.3 Å². The number of rotatable bonds is 6. The SMILES string of the molecule is CCOc1ncccc1CN(C)S(=O)(=O)c1cccs1. The van der Waals surface area contributed by atoms with E-state index in [1.54, 1.807) is 36.8 Å². The average Bonchev–Trinajstić information content (AvgIpc) is 2.96. The van der Waals surface area contributed by atoms with Crippen molar-refractivity contribution < 1.29 is 13.2 Å². The number of aromatic nitrogens is 1. The molecule has 0 bridgehead atoms. The zero-order chi connectivity index (χ0) is 14.6. The summed E-state index contributed by atoms with van der Waals surface area (Å²) in [6.07, 6.45) is 1.63. The molecule has 2 heterocycles. The van der Waals surface area contributed by atoms with Crippen molar-refractivity contribution in [2.24, 2.45) is 0 Å². The molecule has 0 saturated heterocycles. The van der Waals surface area contributed by atoms with E-state index in [9.17, 15) is 8.42 Å². The van der Waals surface area contributed by atoms with E-state index in [4.69, 9.17) is 4.74 Å². The number of pyridine rings is 1. The van der Waals surface area contributed by atoms with E-state index in [2.05, 4.69) is 4.98 Å². The molecule has 0 aromatic carbocycles. The van der Waals surface area contributed by atoms with Gasteiger partial charge in [-0.05, 0) is 24.4 Å². The maximum Gasteiger partial charge on any atom is 0.252 e. The minimum Gasteiger partial charge on any atom is -0.478 e. The predicted molar refractivity (Wildman–Crippen MR) is 78.4 cm³/mol. The average molecular weight is 312 g/mol. The summed E-state index contributed by atoms with van der Waals surface area (Å²) in [5.41, 5.74) is 0.747. The molecule has 0 aliphatic carbocycles. The Morgan fingerprint density at radius 3 is 2.80 bits per heavy atom. The van der Waals surface area contributed by atoms with Crippen molar-refractivity contribution in [3.8, 4) is 5.88 Å². The van der Waals surface area contributed by atoms with Gasteiger partial charge in [-0.15, -0.1) is 11.3 Å². The van der Waals surface area contributed by atoms with E-state index in [0.717, 1.165) is 5.56 Å². The molecule has 0 aliphatic heterocycles. The highest BCUT2D eigenvalue weighted by Crippen LogP contribution is 2.23. The molecule has 2 aromatic rings. The molecule has 0 unspecified atom stereocenters. The molecular formula is C13H16N2O3S2. The molecule has 0 radical (unpaired) electrons. The zero-order valence-electron chi connectivity index (χ0n) is 11.3. The van der Waals surface area contributed by atoms with Crippen molar-refractivity contribution in [1.82, 2.24) is 9.29 Å². The van der Waals surface area contributed by atoms with Gasteiger partial charge in [0.25, 0.3) is 10.0 Å². The fraction of sp³-hybridized carbons (Fsp3) is 0.308. The molecule has 5 nitrogen and oxygen atoms in total. The van der Waals surface area contributed by atoms with Crippen LogP contribution in [0.25, 0.3) is 0 Å². The van der Waals surface area contributed by atoms with Crippen LogP contribution in [0.15, 0.2) is 40.1 Å². The summed E-state index contributed by atoms with van der Waals surface area (Å²) in [6, 6.07) is 6.91. The Labute approximate surface area is 122 Å². The van der Waals surface area contributed by atoms with Gasteiger partial charge in [-0.25, -0.2) is 13.4 Å². The largest absolute Gasteiger partial charge is 0.478 e. The third kappa shape index (κ3) is 3.17. The van der Waals surface area contributed by atoms with Crippen LogP contribution in [0, 0.1) is 0 Å². The Hall–Kier alpha value is -1.44. The van der Waals surface area contributed by atoms with Crippen LogP contribution in [0.2, 0.25) is 0 Å². The van der Waals surface area contributed by atoms with E-state index in [0.29, 0.717) is 16.7 Å². The minimum absolute atomic E-state index is 0.226. The third-order valence-corrected chi connectivity index (χ3v) is 5.86. The lowest BCUT2D eigenvalue weighted by atomic mass is 10.3. The number of nitrogens with zero attached hydrogens (tertiary/aromatic N) is 2. The van der Waals surface area contributed by atoms with E-state index < -0.39 is 10.0 Å². The lowest BCUT2D eigenvalue weighted by molar-refractivity contribution is 0.318. The zero-order valence-corrected chi connectivity index (χ0v) is 12.9. The van der Waals surface area contributed by atoms with Gasteiger partial charge >= 0.3 is 0 Å². The van der Waals surface area contributed by atoms with E-state index in [1.165, 1.54) is 15.6 Å². The lowest BCUT2D eigenvalue weighted by Crippen LogP contribution is -2.26. The Balaban J connectivity index is 2.22. The molecule has 2 rings (SSSR count). The van der Waals surface area contributed by atoms with Crippen LogP contribution in [0.1, 0.15) is 12.5 Å². The number of hydrogen-bond acceptors (Lipinski definition) is 5. The molecule has 0 spiro atoms. The number of hydrogen-bond donors (Lipinski definition) is 0.